The third-order valence-corrected chi connectivity index (χ3v) is 4.88. The van der Waals surface area contributed by atoms with Gasteiger partial charge in [0.15, 0.2) is 0 Å². The van der Waals surface area contributed by atoms with Crippen LogP contribution in [0, 0.1) is 0 Å². The Labute approximate surface area is 152 Å². The maximum atomic E-state index is 11.7. The molecule has 1 atom stereocenters. The number of methoxy groups -OCH3 is 1. The largest absolute Gasteiger partial charge is 0.497 e. The van der Waals surface area contributed by atoms with Crippen molar-refractivity contribution in [2.45, 2.75) is 18.8 Å². The van der Waals surface area contributed by atoms with E-state index in [2.05, 4.69) is 4.90 Å². The normalized spacial score (nSPS) is 12.2. The van der Waals surface area contributed by atoms with Crippen LogP contribution in [0.5, 0.6) is 11.5 Å². The second kappa shape index (κ2) is 9.44. The number of hydrogen-bond acceptors (Lipinski definition) is 5. The number of ether oxygens (including phenoxy) is 2. The highest BCUT2D eigenvalue weighted by Gasteiger charge is 2.23. The molecule has 1 heterocycles. The van der Waals surface area contributed by atoms with Crippen LogP contribution in [-0.2, 0) is 11.2 Å². The molecule has 2 aromatic rings. The molecular formula is C19H25NO4S. The molecule has 0 spiro atoms. The molecule has 25 heavy (non-hydrogen) atoms. The Balaban J connectivity index is 2.16. The summed E-state index contributed by atoms with van der Waals surface area (Å²) in [7, 11) is 5.65. The zero-order valence-corrected chi connectivity index (χ0v) is 15.7. The van der Waals surface area contributed by atoms with Crippen LogP contribution in [0.4, 0.5) is 0 Å². The van der Waals surface area contributed by atoms with Crippen LogP contribution < -0.4 is 9.47 Å². The first-order valence-corrected chi connectivity index (χ1v) is 9.10. The van der Waals surface area contributed by atoms with E-state index in [-0.39, 0.29) is 0 Å². The fourth-order valence-electron chi connectivity index (χ4n) is 2.55. The van der Waals surface area contributed by atoms with Crippen molar-refractivity contribution >= 4 is 17.3 Å². The molecule has 136 valence electrons. The van der Waals surface area contributed by atoms with Gasteiger partial charge in [-0.3, -0.25) is 4.79 Å². The van der Waals surface area contributed by atoms with Crippen molar-refractivity contribution in [3.63, 3.8) is 0 Å². The molecule has 0 aliphatic carbocycles. The van der Waals surface area contributed by atoms with Crippen molar-refractivity contribution < 1.29 is 19.4 Å². The second-order valence-electron chi connectivity index (χ2n) is 6.09. The van der Waals surface area contributed by atoms with Crippen molar-refractivity contribution in [1.82, 2.24) is 4.90 Å². The van der Waals surface area contributed by atoms with Gasteiger partial charge in [-0.2, -0.15) is 0 Å². The molecule has 0 amide bonds. The summed E-state index contributed by atoms with van der Waals surface area (Å²) in [5.74, 6) is 0.00427. The molecule has 0 aliphatic rings. The Morgan fingerprint density at radius 1 is 1.32 bits per heavy atom. The van der Waals surface area contributed by atoms with E-state index in [0.717, 1.165) is 23.4 Å². The summed E-state index contributed by atoms with van der Waals surface area (Å²) < 4.78 is 11.2. The zero-order chi connectivity index (χ0) is 18.2. The lowest BCUT2D eigenvalue weighted by molar-refractivity contribution is -0.138. The smallest absolute Gasteiger partial charge is 0.312 e. The molecule has 1 aromatic carbocycles. The molecular weight excluding hydrogens is 338 g/mol. The highest BCUT2D eigenvalue weighted by molar-refractivity contribution is 7.10. The number of benzene rings is 1. The molecule has 1 aromatic heterocycles. The molecule has 0 aliphatic heterocycles. The number of carbonyl (C=O) groups is 1. The van der Waals surface area contributed by atoms with Gasteiger partial charge in [-0.15, -0.1) is 11.3 Å². The van der Waals surface area contributed by atoms with Crippen LogP contribution in [0.15, 0.2) is 35.7 Å². The van der Waals surface area contributed by atoms with Crippen LogP contribution in [0.1, 0.15) is 22.8 Å². The van der Waals surface area contributed by atoms with E-state index >= 15 is 0 Å². The first-order chi connectivity index (χ1) is 12.0. The van der Waals surface area contributed by atoms with E-state index < -0.39 is 11.9 Å². The lowest BCUT2D eigenvalue weighted by atomic mass is 9.97. The number of nitrogens with zero attached hydrogens (tertiary/aromatic N) is 1. The molecule has 0 saturated heterocycles. The first-order valence-electron chi connectivity index (χ1n) is 8.22. The summed E-state index contributed by atoms with van der Waals surface area (Å²) in [5, 5.41) is 11.5. The van der Waals surface area contributed by atoms with E-state index in [1.807, 2.05) is 49.8 Å². The van der Waals surface area contributed by atoms with E-state index in [9.17, 15) is 9.90 Å². The van der Waals surface area contributed by atoms with Gasteiger partial charge < -0.3 is 19.5 Å². The van der Waals surface area contributed by atoms with Gasteiger partial charge >= 0.3 is 5.97 Å². The van der Waals surface area contributed by atoms with Gasteiger partial charge in [-0.1, -0.05) is 12.1 Å². The van der Waals surface area contributed by atoms with Crippen molar-refractivity contribution in [2.24, 2.45) is 0 Å². The van der Waals surface area contributed by atoms with Crippen molar-refractivity contribution in [3.05, 3.63) is 46.2 Å². The Morgan fingerprint density at radius 3 is 2.72 bits per heavy atom. The van der Waals surface area contributed by atoms with E-state index in [0.29, 0.717) is 24.5 Å². The summed E-state index contributed by atoms with van der Waals surface area (Å²) in [6.07, 6.45) is 1.29. The highest BCUT2D eigenvalue weighted by atomic mass is 32.1. The SMILES string of the molecule is COc1ccc(CC(C(=O)O)c2cccs2)c(OCCCN(C)C)c1. The molecule has 1 N–H and O–H groups in total. The predicted octanol–water partition coefficient (Wildman–Crippen LogP) is 3.50. The van der Waals surface area contributed by atoms with E-state index in [1.165, 1.54) is 11.3 Å². The van der Waals surface area contributed by atoms with Crippen LogP contribution in [-0.4, -0.2) is 50.3 Å². The maximum Gasteiger partial charge on any atom is 0.312 e. The van der Waals surface area contributed by atoms with Crippen molar-refractivity contribution in [3.8, 4) is 11.5 Å². The first kappa shape index (κ1) is 19.3. The van der Waals surface area contributed by atoms with Crippen molar-refractivity contribution in [1.29, 1.82) is 0 Å². The molecule has 1 unspecified atom stereocenters. The summed E-state index contributed by atoms with van der Waals surface area (Å²) in [6, 6.07) is 9.31. The quantitative estimate of drug-likeness (QED) is 0.655. The van der Waals surface area contributed by atoms with E-state index in [4.69, 9.17) is 9.47 Å². The van der Waals surface area contributed by atoms with Gasteiger partial charge in [0.2, 0.25) is 0 Å². The average molecular weight is 363 g/mol. The van der Waals surface area contributed by atoms with Gasteiger partial charge in [0.05, 0.1) is 19.6 Å². The molecule has 0 fully saturated rings. The minimum absolute atomic E-state index is 0.392. The van der Waals surface area contributed by atoms with Gasteiger partial charge in [0, 0.05) is 17.5 Å². The minimum atomic E-state index is -0.822. The molecule has 2 rings (SSSR count). The summed E-state index contributed by atoms with van der Waals surface area (Å²) >= 11 is 1.46. The summed E-state index contributed by atoms with van der Waals surface area (Å²) in [4.78, 5) is 14.7. The standard InChI is InChI=1S/C19H25NO4S/c1-20(2)9-5-10-24-17-13-15(23-3)8-7-14(17)12-16(19(21)22)18-6-4-11-25-18/h4,6-8,11,13,16H,5,9-10,12H2,1-3H3,(H,21,22). The fourth-order valence-corrected chi connectivity index (χ4v) is 3.37. The predicted molar refractivity (Wildman–Crippen MR) is 100 cm³/mol. The second-order valence-corrected chi connectivity index (χ2v) is 7.07. The molecule has 5 nitrogen and oxygen atoms in total. The Hall–Kier alpha value is -2.05. The molecule has 0 radical (unpaired) electrons. The number of hydrogen-bond donors (Lipinski definition) is 1. The van der Waals surface area contributed by atoms with Gasteiger partial charge in [0.1, 0.15) is 11.5 Å². The monoisotopic (exact) mass is 363 g/mol. The Kier molecular flexibility index (Phi) is 7.28. The van der Waals surface area contributed by atoms with Crippen LogP contribution >= 0.6 is 11.3 Å². The lowest BCUT2D eigenvalue weighted by Gasteiger charge is -2.17. The average Bonchev–Trinajstić information content (AvgIpc) is 3.10. The zero-order valence-electron chi connectivity index (χ0n) is 14.9. The van der Waals surface area contributed by atoms with Crippen LogP contribution in [0.2, 0.25) is 0 Å². The number of rotatable bonds is 10. The Bertz CT molecular complexity index is 670. The third-order valence-electron chi connectivity index (χ3n) is 3.89. The van der Waals surface area contributed by atoms with Crippen LogP contribution in [0.3, 0.4) is 0 Å². The van der Waals surface area contributed by atoms with Crippen LogP contribution in [0.25, 0.3) is 0 Å². The lowest BCUT2D eigenvalue weighted by Crippen LogP contribution is -2.16. The molecule has 0 bridgehead atoms. The third kappa shape index (κ3) is 5.76. The number of thiophene rings is 1. The number of carboxylic acid groups (broad SMARTS) is 1. The fraction of sp³-hybridized carbons (Fsp3) is 0.421. The van der Waals surface area contributed by atoms with Gasteiger partial charge in [-0.25, -0.2) is 0 Å². The minimum Gasteiger partial charge on any atom is -0.497 e. The molecule has 6 heteroatoms. The maximum absolute atomic E-state index is 11.7. The summed E-state index contributed by atoms with van der Waals surface area (Å²) in [5.41, 5.74) is 0.881. The highest BCUT2D eigenvalue weighted by Crippen LogP contribution is 2.32. The number of carboxylic acids is 1. The topological polar surface area (TPSA) is 59.0 Å². The number of aliphatic carboxylic acids is 1. The van der Waals surface area contributed by atoms with Gasteiger partial charge in [-0.05, 0) is 50.0 Å². The molecule has 0 saturated carbocycles. The Morgan fingerprint density at radius 2 is 2.12 bits per heavy atom. The van der Waals surface area contributed by atoms with Gasteiger partial charge in [0.25, 0.3) is 0 Å². The van der Waals surface area contributed by atoms with E-state index in [1.54, 1.807) is 7.11 Å². The van der Waals surface area contributed by atoms with Crippen molar-refractivity contribution in [2.75, 3.05) is 34.4 Å². The summed E-state index contributed by atoms with van der Waals surface area (Å²) in [6.45, 7) is 1.52.